The first-order chi connectivity index (χ1) is 43.1. The van der Waals surface area contributed by atoms with Crippen molar-refractivity contribution in [3.05, 3.63) is 221 Å². The van der Waals surface area contributed by atoms with Crippen molar-refractivity contribution in [2.75, 3.05) is 19.6 Å². The van der Waals surface area contributed by atoms with Crippen LogP contribution >= 0.6 is 0 Å². The van der Waals surface area contributed by atoms with Gasteiger partial charge in [-0.25, -0.2) is 0 Å². The zero-order valence-corrected chi connectivity index (χ0v) is 57.4. The second kappa shape index (κ2) is 20.4. The van der Waals surface area contributed by atoms with Gasteiger partial charge in [-0.3, -0.25) is 0 Å². The first-order valence-corrected chi connectivity index (χ1v) is 34.5. The molecule has 4 aliphatic heterocycles. The monoisotopic (exact) mass is 1190 g/mol. The zero-order valence-electron chi connectivity index (χ0n) is 57.4. The SMILES string of the molecule is CC(C)(C)c1ccc(N2c3ccc(N4c5ccc(C(C)(C)C)cc5C5(C)CCCCC45C)cc3B3c4cc(C(C)(C)C)ccc4N(c4ccc(C(C)(C)C)cc4-c4ccccc4)c4cc(N5c6ccc(-c7ccccc7)cc6C6(C)CCCCC56C)cc2c43)cc1. The predicted molar refractivity (Wildman–Crippen MR) is 392 cm³/mol. The van der Waals surface area contributed by atoms with E-state index < -0.39 is 0 Å². The second-order valence-corrected chi connectivity index (χ2v) is 33.3. The van der Waals surface area contributed by atoms with Crippen molar-refractivity contribution in [2.45, 2.75) is 206 Å². The Balaban J connectivity index is 1.06. The summed E-state index contributed by atoms with van der Waals surface area (Å²) in [5, 5.41) is 0. The molecule has 0 bridgehead atoms. The maximum Gasteiger partial charge on any atom is 0.252 e. The third-order valence-electron chi connectivity index (χ3n) is 23.8. The molecule has 0 saturated heterocycles. The average Bonchev–Trinajstić information content (AvgIpc) is 1.68. The van der Waals surface area contributed by atoms with Gasteiger partial charge in [0.15, 0.2) is 0 Å². The van der Waals surface area contributed by atoms with E-state index in [-0.39, 0.29) is 50.3 Å². The van der Waals surface area contributed by atoms with E-state index in [1.165, 1.54) is 161 Å². The molecule has 2 aliphatic carbocycles. The minimum atomic E-state index is -0.212. The molecule has 0 aromatic heterocycles. The maximum atomic E-state index is 2.84. The first-order valence-electron chi connectivity index (χ1n) is 34.5. The molecule has 0 spiro atoms. The van der Waals surface area contributed by atoms with Crippen molar-refractivity contribution < 1.29 is 0 Å². The van der Waals surface area contributed by atoms with Crippen LogP contribution in [0.4, 0.5) is 56.9 Å². The number of fused-ring (bicyclic) bond motifs is 10. The summed E-state index contributed by atoms with van der Waals surface area (Å²) in [4.78, 5) is 11.1. The van der Waals surface area contributed by atoms with E-state index in [9.17, 15) is 0 Å². The highest BCUT2D eigenvalue weighted by Gasteiger charge is 2.60. The minimum Gasteiger partial charge on any atom is -0.334 e. The van der Waals surface area contributed by atoms with E-state index in [2.05, 4.69) is 318 Å². The molecule has 4 unspecified atom stereocenters. The van der Waals surface area contributed by atoms with Gasteiger partial charge in [0.2, 0.25) is 0 Å². The molecule has 4 atom stereocenters. The molecule has 15 rings (SSSR count). The highest BCUT2D eigenvalue weighted by atomic mass is 15.3. The summed E-state index contributed by atoms with van der Waals surface area (Å²) >= 11 is 0. The summed E-state index contributed by atoms with van der Waals surface area (Å²) in [5.41, 5.74) is 29.5. The van der Waals surface area contributed by atoms with E-state index in [1.54, 1.807) is 0 Å². The predicted octanol–water partition coefficient (Wildman–Crippen LogP) is 21.8. The van der Waals surface area contributed by atoms with E-state index in [0.717, 1.165) is 19.3 Å². The Morgan fingerprint density at radius 2 is 0.747 bits per heavy atom. The minimum absolute atomic E-state index is 0.0135. The fraction of sp³-hybridized carbons (Fsp3) is 0.372. The fourth-order valence-electron chi connectivity index (χ4n) is 18.0. The van der Waals surface area contributed by atoms with Gasteiger partial charge in [-0.1, -0.05) is 232 Å². The maximum absolute atomic E-state index is 2.84. The Morgan fingerprint density at radius 3 is 1.33 bits per heavy atom. The lowest BCUT2D eigenvalue weighted by atomic mass is 9.33. The highest BCUT2D eigenvalue weighted by molar-refractivity contribution is 7.00. The van der Waals surface area contributed by atoms with Crippen molar-refractivity contribution in [1.29, 1.82) is 0 Å². The Labute approximate surface area is 545 Å². The highest BCUT2D eigenvalue weighted by Crippen LogP contribution is 2.64. The molecule has 0 amide bonds. The van der Waals surface area contributed by atoms with Gasteiger partial charge >= 0.3 is 0 Å². The largest absolute Gasteiger partial charge is 0.334 e. The molecule has 91 heavy (non-hydrogen) atoms. The molecular weight excluding hydrogens is 1100 g/mol. The summed E-state index contributed by atoms with van der Waals surface area (Å²) in [5.74, 6) is 0. The van der Waals surface area contributed by atoms with Crippen molar-refractivity contribution >= 4 is 80.0 Å². The van der Waals surface area contributed by atoms with Crippen LogP contribution in [0.3, 0.4) is 0 Å². The van der Waals surface area contributed by atoms with Crippen molar-refractivity contribution in [2.24, 2.45) is 0 Å². The van der Waals surface area contributed by atoms with E-state index in [1.807, 2.05) is 0 Å². The summed E-state index contributed by atoms with van der Waals surface area (Å²) in [6.45, 7) is 38.7. The van der Waals surface area contributed by atoms with E-state index >= 15 is 0 Å². The summed E-state index contributed by atoms with van der Waals surface area (Å²) < 4.78 is 0. The molecule has 9 aromatic rings. The molecule has 0 N–H and O–H groups in total. The molecule has 9 aromatic carbocycles. The van der Waals surface area contributed by atoms with Crippen LogP contribution in [0.1, 0.15) is 196 Å². The number of anilines is 10. The lowest BCUT2D eigenvalue weighted by Gasteiger charge is -2.51. The van der Waals surface area contributed by atoms with Crippen LogP contribution in [0.5, 0.6) is 0 Å². The molecule has 462 valence electrons. The van der Waals surface area contributed by atoms with Crippen LogP contribution in [0, 0.1) is 0 Å². The first kappa shape index (κ1) is 59.5. The van der Waals surface area contributed by atoms with Gasteiger partial charge in [-0.2, -0.15) is 0 Å². The van der Waals surface area contributed by atoms with Crippen molar-refractivity contribution in [3.63, 3.8) is 0 Å². The summed E-state index contributed by atoms with van der Waals surface area (Å²) in [6, 6.07) is 75.0. The Bertz CT molecular complexity index is 4380. The molecule has 5 heteroatoms. The van der Waals surface area contributed by atoms with Gasteiger partial charge in [0.05, 0.1) is 16.8 Å². The summed E-state index contributed by atoms with van der Waals surface area (Å²) in [7, 11) is 0. The Hall–Kier alpha value is -7.76. The van der Waals surface area contributed by atoms with Crippen LogP contribution in [0.15, 0.2) is 188 Å². The van der Waals surface area contributed by atoms with Crippen LogP contribution in [0.2, 0.25) is 0 Å². The number of benzene rings is 9. The molecule has 6 aliphatic rings. The molecule has 2 fully saturated rings. The van der Waals surface area contributed by atoms with Crippen LogP contribution in [0.25, 0.3) is 22.3 Å². The van der Waals surface area contributed by atoms with Crippen LogP contribution in [-0.4, -0.2) is 17.8 Å². The normalized spacial score (nSPS) is 22.4. The molecule has 0 radical (unpaired) electrons. The molecule has 2 saturated carbocycles. The topological polar surface area (TPSA) is 13.0 Å². The number of nitrogens with zero attached hydrogens (tertiary/aromatic N) is 4. The van der Waals surface area contributed by atoms with E-state index in [0.29, 0.717) is 0 Å². The van der Waals surface area contributed by atoms with Gasteiger partial charge in [0.25, 0.3) is 6.71 Å². The van der Waals surface area contributed by atoms with Crippen molar-refractivity contribution in [3.8, 4) is 22.3 Å². The lowest BCUT2D eigenvalue weighted by molar-refractivity contribution is 0.195. The van der Waals surface area contributed by atoms with Gasteiger partial charge < -0.3 is 19.6 Å². The second-order valence-electron chi connectivity index (χ2n) is 33.3. The van der Waals surface area contributed by atoms with Gasteiger partial charge in [-0.15, -0.1) is 0 Å². The lowest BCUT2D eigenvalue weighted by Crippen LogP contribution is -2.62. The van der Waals surface area contributed by atoms with Gasteiger partial charge in [0, 0.05) is 67.6 Å². The Morgan fingerprint density at radius 1 is 0.319 bits per heavy atom. The van der Waals surface area contributed by atoms with Crippen LogP contribution < -0.4 is 36.0 Å². The smallest absolute Gasteiger partial charge is 0.252 e. The van der Waals surface area contributed by atoms with Crippen molar-refractivity contribution in [1.82, 2.24) is 0 Å². The van der Waals surface area contributed by atoms with Gasteiger partial charge in [0.1, 0.15) is 0 Å². The zero-order chi connectivity index (χ0) is 63.7. The Kier molecular flexibility index (Phi) is 13.3. The molecule has 4 heterocycles. The number of hydrogen-bond donors (Lipinski definition) is 0. The molecular formula is C86H95BN4. The third-order valence-corrected chi connectivity index (χ3v) is 23.8. The van der Waals surface area contributed by atoms with Crippen LogP contribution in [-0.2, 0) is 32.5 Å². The standard InChI is InChI=1S/C86H95BN4/c1-79(2,3)59-32-37-63(38-33-59)88-74-44-39-64(90-73-42-35-61(81(7,8)9)51-68(73)84(14)46-24-25-47-85(84,90)15)53-70(74)87-69-52-62(82(10,11)12)36-43-75(69)89(71-41-34-60(80(4,5)6)50-66(71)57-29-21-18-22-30-57)77-55-65(54-76(88)78(77)87)91-72-40-31-58(56-27-19-17-20-28-56)49-67(72)83(13)45-23-26-48-86(83,91)16/h17-22,27-44,49-55H,23-26,45-48H2,1-16H3. The molecule has 4 nitrogen and oxygen atoms in total. The number of rotatable bonds is 6. The average molecular weight is 1200 g/mol. The third kappa shape index (κ3) is 8.95. The number of hydrogen-bond acceptors (Lipinski definition) is 4. The van der Waals surface area contributed by atoms with E-state index in [4.69, 9.17) is 0 Å². The fourth-order valence-corrected chi connectivity index (χ4v) is 18.0. The van der Waals surface area contributed by atoms with Gasteiger partial charge in [-0.05, 0) is 207 Å². The quantitative estimate of drug-likeness (QED) is 0.154. The summed E-state index contributed by atoms with van der Waals surface area (Å²) in [6.07, 6.45) is 9.44.